The van der Waals surface area contributed by atoms with Crippen LogP contribution in [-0.2, 0) is 0 Å². The number of aliphatic hydroxyl groups is 1. The van der Waals surface area contributed by atoms with Gasteiger partial charge in [0.25, 0.3) is 5.91 Å². The summed E-state index contributed by atoms with van der Waals surface area (Å²) in [6.45, 7) is 0.580. The van der Waals surface area contributed by atoms with E-state index < -0.39 is 10.8 Å². The first-order valence-electron chi connectivity index (χ1n) is 10.5. The Balaban J connectivity index is 1.61. The van der Waals surface area contributed by atoms with Crippen LogP contribution in [-0.4, -0.2) is 54.9 Å². The van der Waals surface area contributed by atoms with E-state index in [1.807, 2.05) is 4.90 Å². The van der Waals surface area contributed by atoms with Gasteiger partial charge in [0.15, 0.2) is 5.65 Å². The molecule has 0 spiro atoms. The van der Waals surface area contributed by atoms with Crippen LogP contribution < -0.4 is 10.2 Å². The minimum atomic E-state index is -0.549. The molecule has 1 aromatic carbocycles. The van der Waals surface area contributed by atoms with Gasteiger partial charge in [0.2, 0.25) is 5.95 Å². The van der Waals surface area contributed by atoms with Crippen LogP contribution in [0.3, 0.4) is 0 Å². The molecule has 1 fully saturated rings. The maximum absolute atomic E-state index is 12.9. The number of nitro groups is 1. The fourth-order valence-corrected chi connectivity index (χ4v) is 4.94. The van der Waals surface area contributed by atoms with Gasteiger partial charge in [-0.05, 0) is 37.1 Å². The first-order chi connectivity index (χ1) is 16.9. The lowest BCUT2D eigenvalue weighted by Gasteiger charge is -2.23. The highest BCUT2D eigenvalue weighted by molar-refractivity contribution is 7.17. The summed E-state index contributed by atoms with van der Waals surface area (Å²) in [7, 11) is 0. The zero-order valence-corrected chi connectivity index (χ0v) is 20.2. The lowest BCUT2D eigenvalue weighted by atomic mass is 10.2. The molecule has 180 valence electrons. The summed E-state index contributed by atoms with van der Waals surface area (Å²) in [5.74, 6) is -0.0271. The smallest absolute Gasteiger partial charge is 0.324 e. The third-order valence-corrected chi connectivity index (χ3v) is 7.41. The second-order valence-electron chi connectivity index (χ2n) is 7.79. The van der Waals surface area contributed by atoms with E-state index in [0.29, 0.717) is 39.3 Å². The number of amides is 1. The van der Waals surface area contributed by atoms with Gasteiger partial charge in [-0.1, -0.05) is 34.5 Å². The highest BCUT2D eigenvalue weighted by atomic mass is 35.5. The number of aliphatic hydroxyl groups excluding tert-OH is 1. The van der Waals surface area contributed by atoms with Crippen molar-refractivity contribution in [1.82, 2.24) is 19.7 Å². The molecule has 4 aromatic rings. The predicted octanol–water partition coefficient (Wildman–Crippen LogP) is 4.31. The molecule has 0 saturated carbocycles. The third-order valence-electron chi connectivity index (χ3n) is 5.64. The minimum Gasteiger partial charge on any atom is -0.394 e. The van der Waals surface area contributed by atoms with Crippen LogP contribution in [0.25, 0.3) is 16.7 Å². The molecule has 1 unspecified atom stereocenters. The van der Waals surface area contributed by atoms with Crippen LogP contribution in [0.1, 0.15) is 22.5 Å². The highest BCUT2D eigenvalue weighted by Crippen LogP contribution is 2.32. The lowest BCUT2D eigenvalue weighted by molar-refractivity contribution is -0.380. The molecule has 4 heterocycles. The van der Waals surface area contributed by atoms with Crippen molar-refractivity contribution in [1.29, 1.82) is 0 Å². The van der Waals surface area contributed by atoms with Gasteiger partial charge in [0, 0.05) is 12.6 Å². The van der Waals surface area contributed by atoms with Gasteiger partial charge in [-0.3, -0.25) is 14.9 Å². The Hall–Kier alpha value is -3.32. The van der Waals surface area contributed by atoms with Crippen molar-refractivity contribution in [2.24, 2.45) is 0 Å². The molecule has 1 amide bonds. The zero-order valence-electron chi connectivity index (χ0n) is 17.9. The number of thiophene rings is 1. The van der Waals surface area contributed by atoms with Gasteiger partial charge >= 0.3 is 5.00 Å². The summed E-state index contributed by atoms with van der Waals surface area (Å²) in [4.78, 5) is 34.7. The van der Waals surface area contributed by atoms with E-state index in [9.17, 15) is 20.0 Å². The number of fused-ring (bicyclic) bond motifs is 1. The van der Waals surface area contributed by atoms with Crippen molar-refractivity contribution in [3.63, 3.8) is 0 Å². The van der Waals surface area contributed by atoms with Gasteiger partial charge in [-0.25, -0.2) is 4.68 Å². The second kappa shape index (κ2) is 9.38. The fraction of sp³-hybridized carbons (Fsp3) is 0.238. The summed E-state index contributed by atoms with van der Waals surface area (Å²) < 4.78 is 1.55. The number of aromatic nitrogens is 4. The molecule has 14 heteroatoms. The standard InChI is InChI=1S/C21H17Cl2N7O4S/c22-14-4-3-11(8-15(14)23)29-19-13(9-24-29)18(25-20(32)16-5-6-17(35-16)30(33)34)26-21(27-19)28-7-1-2-12(28)10-31/h3-6,8-9,12,31H,1-2,7,10H2,(H,25,26,27,32). The molecule has 1 aliphatic rings. The van der Waals surface area contributed by atoms with Gasteiger partial charge in [0.1, 0.15) is 5.82 Å². The maximum atomic E-state index is 12.9. The van der Waals surface area contributed by atoms with Crippen LogP contribution in [0.5, 0.6) is 0 Å². The predicted molar refractivity (Wildman–Crippen MR) is 133 cm³/mol. The van der Waals surface area contributed by atoms with Crippen molar-refractivity contribution in [2.75, 3.05) is 23.4 Å². The molecule has 0 bridgehead atoms. The van der Waals surface area contributed by atoms with Crippen molar-refractivity contribution >= 4 is 68.2 Å². The molecule has 11 nitrogen and oxygen atoms in total. The van der Waals surface area contributed by atoms with E-state index >= 15 is 0 Å². The molecule has 1 atom stereocenters. The molecule has 1 saturated heterocycles. The van der Waals surface area contributed by atoms with Gasteiger partial charge < -0.3 is 15.3 Å². The molecular formula is C21H17Cl2N7O4S. The van der Waals surface area contributed by atoms with Crippen LogP contribution in [0.15, 0.2) is 36.5 Å². The number of halogens is 2. The van der Waals surface area contributed by atoms with Crippen LogP contribution >= 0.6 is 34.5 Å². The first-order valence-corrected chi connectivity index (χ1v) is 12.1. The molecule has 2 N–H and O–H groups in total. The average molecular weight is 534 g/mol. The molecule has 0 aliphatic carbocycles. The van der Waals surface area contributed by atoms with Crippen molar-refractivity contribution in [3.8, 4) is 5.69 Å². The summed E-state index contributed by atoms with van der Waals surface area (Å²) in [6, 6.07) is 7.53. The summed E-state index contributed by atoms with van der Waals surface area (Å²) in [5.41, 5.74) is 1.01. The molecular weight excluding hydrogens is 517 g/mol. The van der Waals surface area contributed by atoms with Crippen LogP contribution in [0.2, 0.25) is 10.0 Å². The van der Waals surface area contributed by atoms with Gasteiger partial charge in [-0.2, -0.15) is 15.1 Å². The third kappa shape index (κ3) is 4.41. The Bertz CT molecular complexity index is 1460. The molecule has 5 rings (SSSR count). The van der Waals surface area contributed by atoms with E-state index in [-0.39, 0.29) is 28.3 Å². The largest absolute Gasteiger partial charge is 0.394 e. The number of carbonyl (C=O) groups is 1. The summed E-state index contributed by atoms with van der Waals surface area (Å²) in [6.07, 6.45) is 3.16. The Morgan fingerprint density at radius 2 is 2.09 bits per heavy atom. The van der Waals surface area contributed by atoms with E-state index in [1.54, 1.807) is 22.9 Å². The molecule has 3 aromatic heterocycles. The van der Waals surface area contributed by atoms with E-state index in [0.717, 1.165) is 24.2 Å². The van der Waals surface area contributed by atoms with Crippen molar-refractivity contribution in [3.05, 3.63) is 61.6 Å². The normalized spacial score (nSPS) is 15.6. The monoisotopic (exact) mass is 533 g/mol. The lowest BCUT2D eigenvalue weighted by Crippen LogP contribution is -2.33. The number of hydrogen-bond donors (Lipinski definition) is 2. The first kappa shape index (κ1) is 23.4. The summed E-state index contributed by atoms with van der Waals surface area (Å²) in [5, 5.41) is 29.0. The Morgan fingerprint density at radius 1 is 1.26 bits per heavy atom. The minimum absolute atomic E-state index is 0.0615. The SMILES string of the molecule is O=C(Nc1nc(N2CCCC2CO)nc2c1cnn2-c1ccc(Cl)c(Cl)c1)c1ccc([N+](=O)[O-])s1. The number of nitrogens with zero attached hydrogens (tertiary/aromatic N) is 6. The van der Waals surface area contributed by atoms with Crippen molar-refractivity contribution < 1.29 is 14.8 Å². The molecule has 0 radical (unpaired) electrons. The van der Waals surface area contributed by atoms with Gasteiger partial charge in [-0.15, -0.1) is 0 Å². The van der Waals surface area contributed by atoms with E-state index in [2.05, 4.69) is 15.4 Å². The average Bonchev–Trinajstić information content (AvgIpc) is 3.59. The maximum Gasteiger partial charge on any atom is 0.324 e. The Morgan fingerprint density at radius 3 is 2.80 bits per heavy atom. The molecule has 35 heavy (non-hydrogen) atoms. The zero-order chi connectivity index (χ0) is 24.7. The Kier molecular flexibility index (Phi) is 6.28. The number of anilines is 2. The number of benzene rings is 1. The Labute approximate surface area is 212 Å². The van der Waals surface area contributed by atoms with E-state index in [1.165, 1.54) is 18.3 Å². The topological polar surface area (TPSA) is 139 Å². The number of nitrogens with one attached hydrogen (secondary N) is 1. The van der Waals surface area contributed by atoms with E-state index in [4.69, 9.17) is 28.2 Å². The van der Waals surface area contributed by atoms with Crippen LogP contribution in [0.4, 0.5) is 16.8 Å². The van der Waals surface area contributed by atoms with Crippen LogP contribution in [0, 0.1) is 10.1 Å². The number of hydrogen-bond acceptors (Lipinski definition) is 9. The van der Waals surface area contributed by atoms with Gasteiger partial charge in [0.05, 0.1) is 49.8 Å². The fourth-order valence-electron chi connectivity index (χ4n) is 3.93. The number of carbonyl (C=O) groups excluding carboxylic acids is 1. The second-order valence-corrected chi connectivity index (χ2v) is 9.66. The van der Waals surface area contributed by atoms with Crippen molar-refractivity contribution in [2.45, 2.75) is 18.9 Å². The molecule has 1 aliphatic heterocycles. The highest BCUT2D eigenvalue weighted by Gasteiger charge is 2.28. The summed E-state index contributed by atoms with van der Waals surface area (Å²) >= 11 is 13.0. The number of rotatable bonds is 6. The quantitative estimate of drug-likeness (QED) is 0.276.